The second-order valence-corrected chi connectivity index (χ2v) is 7.19. The minimum Gasteiger partial charge on any atom is -0.361 e. The summed E-state index contributed by atoms with van der Waals surface area (Å²) in [6.45, 7) is 16.4. The maximum atomic E-state index is 5.31. The molecule has 2 rings (SSSR count). The first-order valence-corrected chi connectivity index (χ1v) is 7.70. The summed E-state index contributed by atoms with van der Waals surface area (Å²) in [5, 5.41) is 7.71. The second kappa shape index (κ2) is 5.86. The van der Waals surface area contributed by atoms with Crippen molar-refractivity contribution in [2.75, 3.05) is 19.6 Å². The molecule has 1 aromatic rings. The highest BCUT2D eigenvalue weighted by Gasteiger charge is 2.30. The third kappa shape index (κ3) is 3.61. The summed E-state index contributed by atoms with van der Waals surface area (Å²) in [5.74, 6) is 1.71. The van der Waals surface area contributed by atoms with E-state index in [0.717, 1.165) is 30.5 Å². The molecule has 0 bridgehead atoms. The van der Waals surface area contributed by atoms with Crippen LogP contribution in [0.3, 0.4) is 0 Å². The van der Waals surface area contributed by atoms with E-state index < -0.39 is 0 Å². The van der Waals surface area contributed by atoms with Crippen LogP contribution in [0, 0.1) is 19.8 Å². The predicted octanol–water partition coefficient (Wildman–Crippen LogP) is 3.06. The van der Waals surface area contributed by atoms with Crippen molar-refractivity contribution in [3.8, 4) is 0 Å². The molecule has 1 N–H and O–H groups in total. The van der Waals surface area contributed by atoms with Gasteiger partial charge in [0.1, 0.15) is 5.76 Å². The van der Waals surface area contributed by atoms with Crippen molar-refractivity contribution >= 4 is 0 Å². The third-order valence-corrected chi connectivity index (χ3v) is 4.29. The fourth-order valence-corrected chi connectivity index (χ4v) is 3.10. The molecule has 20 heavy (non-hydrogen) atoms. The van der Waals surface area contributed by atoms with E-state index in [1.165, 1.54) is 18.5 Å². The van der Waals surface area contributed by atoms with Crippen molar-refractivity contribution < 1.29 is 4.52 Å². The molecular formula is C16H29N3O. The van der Waals surface area contributed by atoms with Crippen LogP contribution in [0.4, 0.5) is 0 Å². The van der Waals surface area contributed by atoms with Gasteiger partial charge >= 0.3 is 0 Å². The maximum Gasteiger partial charge on any atom is 0.138 e. The summed E-state index contributed by atoms with van der Waals surface area (Å²) < 4.78 is 5.31. The monoisotopic (exact) mass is 279 g/mol. The van der Waals surface area contributed by atoms with Gasteiger partial charge in [0.05, 0.1) is 5.69 Å². The van der Waals surface area contributed by atoms with Crippen molar-refractivity contribution in [1.29, 1.82) is 0 Å². The van der Waals surface area contributed by atoms with Gasteiger partial charge in [-0.2, -0.15) is 0 Å². The molecule has 2 atom stereocenters. The third-order valence-electron chi connectivity index (χ3n) is 4.29. The van der Waals surface area contributed by atoms with Crippen LogP contribution in [0.2, 0.25) is 0 Å². The highest BCUT2D eigenvalue weighted by Crippen LogP contribution is 2.30. The fourth-order valence-electron chi connectivity index (χ4n) is 3.10. The van der Waals surface area contributed by atoms with Crippen LogP contribution in [0.5, 0.6) is 0 Å². The molecule has 1 saturated heterocycles. The van der Waals surface area contributed by atoms with E-state index in [1.807, 2.05) is 13.8 Å². The Morgan fingerprint density at radius 1 is 1.40 bits per heavy atom. The molecule has 114 valence electrons. The SMILES string of the molecule is Cc1noc(C)c1C(C)N1CCC(CNC(C)(C)C)C1. The number of nitrogens with zero attached hydrogens (tertiary/aromatic N) is 2. The van der Waals surface area contributed by atoms with Gasteiger partial charge in [0.2, 0.25) is 0 Å². The summed E-state index contributed by atoms with van der Waals surface area (Å²) in [6.07, 6.45) is 1.27. The minimum absolute atomic E-state index is 0.209. The van der Waals surface area contributed by atoms with Gasteiger partial charge in [0.25, 0.3) is 0 Å². The first-order chi connectivity index (χ1) is 9.28. The summed E-state index contributed by atoms with van der Waals surface area (Å²) in [6, 6.07) is 0.404. The molecule has 0 spiro atoms. The fraction of sp³-hybridized carbons (Fsp3) is 0.812. The zero-order chi connectivity index (χ0) is 14.9. The van der Waals surface area contributed by atoms with E-state index in [1.54, 1.807) is 0 Å². The lowest BCUT2D eigenvalue weighted by atomic mass is 10.0. The normalized spacial score (nSPS) is 22.4. The first-order valence-electron chi connectivity index (χ1n) is 7.70. The summed E-state index contributed by atoms with van der Waals surface area (Å²) in [7, 11) is 0. The van der Waals surface area contributed by atoms with E-state index in [0.29, 0.717) is 6.04 Å². The zero-order valence-electron chi connectivity index (χ0n) is 13.8. The average molecular weight is 279 g/mol. The van der Waals surface area contributed by atoms with Gasteiger partial charge in [-0.3, -0.25) is 4.90 Å². The number of aromatic nitrogens is 1. The molecule has 1 aromatic heterocycles. The quantitative estimate of drug-likeness (QED) is 0.919. The predicted molar refractivity (Wildman–Crippen MR) is 81.8 cm³/mol. The lowest BCUT2D eigenvalue weighted by Gasteiger charge is -2.26. The minimum atomic E-state index is 0.209. The topological polar surface area (TPSA) is 41.3 Å². The van der Waals surface area contributed by atoms with E-state index in [-0.39, 0.29) is 5.54 Å². The van der Waals surface area contributed by atoms with Crippen LogP contribution in [-0.2, 0) is 0 Å². The molecule has 2 heterocycles. The largest absolute Gasteiger partial charge is 0.361 e. The van der Waals surface area contributed by atoms with Gasteiger partial charge in [-0.1, -0.05) is 5.16 Å². The number of rotatable bonds is 4. The van der Waals surface area contributed by atoms with Crippen LogP contribution >= 0.6 is 0 Å². The van der Waals surface area contributed by atoms with Gasteiger partial charge in [-0.25, -0.2) is 0 Å². The first kappa shape index (κ1) is 15.5. The molecule has 0 aliphatic carbocycles. The summed E-state index contributed by atoms with van der Waals surface area (Å²) in [5.41, 5.74) is 2.52. The molecule has 0 amide bonds. The van der Waals surface area contributed by atoms with Gasteiger partial charge < -0.3 is 9.84 Å². The Morgan fingerprint density at radius 2 is 2.10 bits per heavy atom. The Morgan fingerprint density at radius 3 is 2.65 bits per heavy atom. The van der Waals surface area contributed by atoms with Crippen LogP contribution in [-0.4, -0.2) is 35.2 Å². The molecule has 1 fully saturated rings. The smallest absolute Gasteiger partial charge is 0.138 e. The van der Waals surface area contributed by atoms with Gasteiger partial charge in [0, 0.05) is 23.7 Å². The van der Waals surface area contributed by atoms with Gasteiger partial charge in [-0.05, 0) is 67.0 Å². The molecule has 0 saturated carbocycles. The average Bonchev–Trinajstić information content (AvgIpc) is 2.93. The number of hydrogen-bond acceptors (Lipinski definition) is 4. The Bertz CT molecular complexity index is 428. The van der Waals surface area contributed by atoms with Crippen molar-refractivity contribution in [3.05, 3.63) is 17.0 Å². The number of aryl methyl sites for hydroxylation is 2. The molecule has 4 nitrogen and oxygen atoms in total. The van der Waals surface area contributed by atoms with E-state index in [4.69, 9.17) is 4.52 Å². The summed E-state index contributed by atoms with van der Waals surface area (Å²) in [4.78, 5) is 2.56. The molecule has 2 unspecified atom stereocenters. The van der Waals surface area contributed by atoms with E-state index >= 15 is 0 Å². The Hall–Kier alpha value is -0.870. The summed E-state index contributed by atoms with van der Waals surface area (Å²) >= 11 is 0. The van der Waals surface area contributed by atoms with Gasteiger partial charge in [0.15, 0.2) is 0 Å². The Kier molecular flexibility index (Phi) is 4.55. The number of likely N-dealkylation sites (tertiary alicyclic amines) is 1. The standard InChI is InChI=1S/C16H29N3O/c1-11-15(13(3)20-18-11)12(2)19-8-7-14(10-19)9-17-16(4,5)6/h12,14,17H,7-10H2,1-6H3. The lowest BCUT2D eigenvalue weighted by Crippen LogP contribution is -2.39. The maximum absolute atomic E-state index is 5.31. The van der Waals surface area contributed by atoms with E-state index in [9.17, 15) is 0 Å². The van der Waals surface area contributed by atoms with Crippen LogP contribution < -0.4 is 5.32 Å². The molecule has 1 aliphatic heterocycles. The molecular weight excluding hydrogens is 250 g/mol. The van der Waals surface area contributed by atoms with Crippen LogP contribution in [0.1, 0.15) is 57.2 Å². The Labute approximate surface area is 122 Å². The number of nitrogens with one attached hydrogen (secondary N) is 1. The zero-order valence-corrected chi connectivity index (χ0v) is 13.8. The molecule has 0 radical (unpaired) electrons. The van der Waals surface area contributed by atoms with Crippen molar-refractivity contribution in [1.82, 2.24) is 15.4 Å². The highest BCUT2D eigenvalue weighted by atomic mass is 16.5. The van der Waals surface area contributed by atoms with E-state index in [2.05, 4.69) is 43.1 Å². The van der Waals surface area contributed by atoms with Crippen molar-refractivity contribution in [2.24, 2.45) is 5.92 Å². The van der Waals surface area contributed by atoms with Crippen LogP contribution in [0.15, 0.2) is 4.52 Å². The number of hydrogen-bond donors (Lipinski definition) is 1. The molecule has 4 heteroatoms. The molecule has 1 aliphatic rings. The second-order valence-electron chi connectivity index (χ2n) is 7.19. The van der Waals surface area contributed by atoms with Crippen molar-refractivity contribution in [3.63, 3.8) is 0 Å². The lowest BCUT2D eigenvalue weighted by molar-refractivity contribution is 0.245. The molecule has 0 aromatic carbocycles. The van der Waals surface area contributed by atoms with Crippen LogP contribution in [0.25, 0.3) is 0 Å². The van der Waals surface area contributed by atoms with Gasteiger partial charge in [-0.15, -0.1) is 0 Å². The highest BCUT2D eigenvalue weighted by molar-refractivity contribution is 5.24. The van der Waals surface area contributed by atoms with Crippen molar-refractivity contribution in [2.45, 2.75) is 59.5 Å². The Balaban J connectivity index is 1.93.